The van der Waals surface area contributed by atoms with Gasteiger partial charge in [0, 0.05) is 29.6 Å². The van der Waals surface area contributed by atoms with Crippen molar-refractivity contribution >= 4 is 16.8 Å². The number of para-hydroxylation sites is 1. The van der Waals surface area contributed by atoms with Crippen molar-refractivity contribution in [3.05, 3.63) is 36.0 Å². The van der Waals surface area contributed by atoms with Gasteiger partial charge in [0.05, 0.1) is 0 Å². The predicted octanol–water partition coefficient (Wildman–Crippen LogP) is 3.80. The van der Waals surface area contributed by atoms with Crippen LogP contribution >= 0.6 is 0 Å². The monoisotopic (exact) mass is 284 g/mol. The number of aromatic nitrogens is 1. The Morgan fingerprint density at radius 3 is 3.10 bits per heavy atom. The SMILES string of the molecule is CCCC1CC1NC(=O)CCCc1c[nH]c2ccccc12. The van der Waals surface area contributed by atoms with E-state index in [9.17, 15) is 4.79 Å². The first kappa shape index (κ1) is 14.2. The van der Waals surface area contributed by atoms with Crippen LogP contribution in [0.2, 0.25) is 0 Å². The molecule has 0 saturated heterocycles. The summed E-state index contributed by atoms with van der Waals surface area (Å²) in [5, 5.41) is 4.44. The van der Waals surface area contributed by atoms with Crippen LogP contribution in [0.1, 0.15) is 44.6 Å². The van der Waals surface area contributed by atoms with Crippen LogP contribution in [0.5, 0.6) is 0 Å². The fourth-order valence-corrected chi connectivity index (χ4v) is 3.17. The molecule has 2 unspecified atom stereocenters. The van der Waals surface area contributed by atoms with E-state index in [0.29, 0.717) is 12.5 Å². The standard InChI is InChI=1S/C18H24N2O/c1-2-6-13-11-17(13)20-18(21)10-5-7-14-12-19-16-9-4-3-8-15(14)16/h3-4,8-9,12-13,17,19H,2,5-7,10-11H2,1H3,(H,20,21). The molecule has 1 saturated carbocycles. The van der Waals surface area contributed by atoms with Crippen molar-refractivity contribution in [1.29, 1.82) is 0 Å². The fraction of sp³-hybridized carbons (Fsp3) is 0.500. The quantitative estimate of drug-likeness (QED) is 0.798. The third kappa shape index (κ3) is 3.46. The van der Waals surface area contributed by atoms with Crippen molar-refractivity contribution in [2.75, 3.05) is 0 Å². The van der Waals surface area contributed by atoms with Crippen LogP contribution in [0.3, 0.4) is 0 Å². The summed E-state index contributed by atoms with van der Waals surface area (Å²) in [6.07, 6.45) is 8.23. The molecule has 3 rings (SSSR count). The number of hydrogen-bond donors (Lipinski definition) is 2. The molecule has 1 aromatic heterocycles. The van der Waals surface area contributed by atoms with Crippen molar-refractivity contribution in [2.24, 2.45) is 5.92 Å². The van der Waals surface area contributed by atoms with Gasteiger partial charge in [-0.2, -0.15) is 0 Å². The third-order valence-electron chi connectivity index (χ3n) is 4.45. The third-order valence-corrected chi connectivity index (χ3v) is 4.45. The normalized spacial score (nSPS) is 20.6. The molecule has 0 aliphatic heterocycles. The molecule has 3 nitrogen and oxygen atoms in total. The van der Waals surface area contributed by atoms with E-state index >= 15 is 0 Å². The van der Waals surface area contributed by atoms with E-state index in [1.54, 1.807) is 0 Å². The van der Waals surface area contributed by atoms with Gasteiger partial charge < -0.3 is 10.3 Å². The Morgan fingerprint density at radius 1 is 1.38 bits per heavy atom. The number of carbonyl (C=O) groups excluding carboxylic acids is 1. The molecule has 0 spiro atoms. The second-order valence-electron chi connectivity index (χ2n) is 6.17. The molecule has 1 aromatic carbocycles. The first-order valence-corrected chi connectivity index (χ1v) is 8.12. The molecule has 1 aliphatic rings. The minimum absolute atomic E-state index is 0.221. The highest BCUT2D eigenvalue weighted by atomic mass is 16.1. The number of hydrogen-bond acceptors (Lipinski definition) is 1. The molecule has 1 heterocycles. The van der Waals surface area contributed by atoms with Crippen molar-refractivity contribution in [1.82, 2.24) is 10.3 Å². The van der Waals surface area contributed by atoms with Crippen molar-refractivity contribution in [2.45, 2.75) is 51.5 Å². The molecule has 3 heteroatoms. The average Bonchev–Trinajstić information content (AvgIpc) is 3.07. The van der Waals surface area contributed by atoms with E-state index in [1.807, 2.05) is 6.07 Å². The summed E-state index contributed by atoms with van der Waals surface area (Å²) in [5.41, 5.74) is 2.49. The summed E-state index contributed by atoms with van der Waals surface area (Å²) in [7, 11) is 0. The minimum atomic E-state index is 0.221. The second kappa shape index (κ2) is 6.33. The van der Waals surface area contributed by atoms with E-state index in [1.165, 1.54) is 35.7 Å². The zero-order valence-corrected chi connectivity index (χ0v) is 12.7. The summed E-state index contributed by atoms with van der Waals surface area (Å²) in [5.74, 6) is 0.964. The summed E-state index contributed by atoms with van der Waals surface area (Å²) >= 11 is 0. The molecule has 112 valence electrons. The van der Waals surface area contributed by atoms with Gasteiger partial charge in [-0.05, 0) is 43.2 Å². The minimum Gasteiger partial charge on any atom is -0.361 e. The van der Waals surface area contributed by atoms with Gasteiger partial charge in [0.1, 0.15) is 0 Å². The lowest BCUT2D eigenvalue weighted by Gasteiger charge is -2.04. The molecule has 0 bridgehead atoms. The molecule has 0 radical (unpaired) electrons. The number of fused-ring (bicyclic) bond motifs is 1. The van der Waals surface area contributed by atoms with Gasteiger partial charge in [0.2, 0.25) is 5.91 Å². The highest BCUT2D eigenvalue weighted by Crippen LogP contribution is 2.34. The number of nitrogens with one attached hydrogen (secondary N) is 2. The van der Waals surface area contributed by atoms with Gasteiger partial charge in [-0.15, -0.1) is 0 Å². The van der Waals surface area contributed by atoms with Crippen LogP contribution in [0.15, 0.2) is 30.5 Å². The molecular weight excluding hydrogens is 260 g/mol. The Kier molecular flexibility index (Phi) is 4.28. The summed E-state index contributed by atoms with van der Waals surface area (Å²) in [6, 6.07) is 8.80. The predicted molar refractivity (Wildman–Crippen MR) is 86.2 cm³/mol. The van der Waals surface area contributed by atoms with Gasteiger partial charge >= 0.3 is 0 Å². The average molecular weight is 284 g/mol. The lowest BCUT2D eigenvalue weighted by molar-refractivity contribution is -0.121. The molecule has 2 N–H and O–H groups in total. The maximum absolute atomic E-state index is 11.9. The molecule has 21 heavy (non-hydrogen) atoms. The number of aryl methyl sites for hydroxylation is 1. The number of benzene rings is 1. The van der Waals surface area contributed by atoms with E-state index < -0.39 is 0 Å². The lowest BCUT2D eigenvalue weighted by Crippen LogP contribution is -2.26. The van der Waals surface area contributed by atoms with E-state index in [2.05, 4.69) is 41.6 Å². The van der Waals surface area contributed by atoms with Gasteiger partial charge in [-0.1, -0.05) is 31.5 Å². The maximum atomic E-state index is 11.9. The van der Waals surface area contributed by atoms with E-state index in [-0.39, 0.29) is 5.91 Å². The first-order valence-electron chi connectivity index (χ1n) is 8.12. The number of aromatic amines is 1. The number of amides is 1. The highest BCUT2D eigenvalue weighted by molar-refractivity contribution is 5.83. The highest BCUT2D eigenvalue weighted by Gasteiger charge is 2.36. The Bertz CT molecular complexity index is 616. The molecule has 2 aromatic rings. The van der Waals surface area contributed by atoms with E-state index in [4.69, 9.17) is 0 Å². The number of H-pyrrole nitrogens is 1. The van der Waals surface area contributed by atoms with Gasteiger partial charge in [0.25, 0.3) is 0 Å². The molecule has 1 amide bonds. The number of rotatable bonds is 7. The van der Waals surface area contributed by atoms with Crippen LogP contribution in [-0.2, 0) is 11.2 Å². The first-order chi connectivity index (χ1) is 10.3. The molecule has 1 aliphatic carbocycles. The van der Waals surface area contributed by atoms with Crippen LogP contribution in [-0.4, -0.2) is 16.9 Å². The van der Waals surface area contributed by atoms with E-state index in [0.717, 1.165) is 18.8 Å². The summed E-state index contributed by atoms with van der Waals surface area (Å²) in [6.45, 7) is 2.21. The van der Waals surface area contributed by atoms with Crippen LogP contribution in [0.4, 0.5) is 0 Å². The zero-order valence-electron chi connectivity index (χ0n) is 12.7. The maximum Gasteiger partial charge on any atom is 0.220 e. The molecule has 1 fully saturated rings. The van der Waals surface area contributed by atoms with Crippen molar-refractivity contribution < 1.29 is 4.79 Å². The topological polar surface area (TPSA) is 44.9 Å². The van der Waals surface area contributed by atoms with Crippen LogP contribution in [0.25, 0.3) is 10.9 Å². The largest absolute Gasteiger partial charge is 0.361 e. The van der Waals surface area contributed by atoms with Crippen molar-refractivity contribution in [3.8, 4) is 0 Å². The fourth-order valence-electron chi connectivity index (χ4n) is 3.17. The van der Waals surface area contributed by atoms with Crippen molar-refractivity contribution in [3.63, 3.8) is 0 Å². The Balaban J connectivity index is 1.43. The Labute approximate surface area is 126 Å². The Hall–Kier alpha value is -1.77. The van der Waals surface area contributed by atoms with Gasteiger partial charge in [-0.25, -0.2) is 0 Å². The smallest absolute Gasteiger partial charge is 0.220 e. The molecular formula is C18H24N2O. The zero-order chi connectivity index (χ0) is 14.7. The lowest BCUT2D eigenvalue weighted by atomic mass is 10.1. The summed E-state index contributed by atoms with van der Waals surface area (Å²) in [4.78, 5) is 15.2. The Morgan fingerprint density at radius 2 is 2.24 bits per heavy atom. The van der Waals surface area contributed by atoms with Crippen LogP contribution < -0.4 is 5.32 Å². The summed E-state index contributed by atoms with van der Waals surface area (Å²) < 4.78 is 0. The van der Waals surface area contributed by atoms with Gasteiger partial charge in [0.15, 0.2) is 0 Å². The van der Waals surface area contributed by atoms with Gasteiger partial charge in [-0.3, -0.25) is 4.79 Å². The molecule has 2 atom stereocenters. The van der Waals surface area contributed by atoms with Crippen LogP contribution in [0, 0.1) is 5.92 Å². The second-order valence-corrected chi connectivity index (χ2v) is 6.17. The number of carbonyl (C=O) groups is 1.